The van der Waals surface area contributed by atoms with E-state index >= 15 is 0 Å². The van der Waals surface area contributed by atoms with Crippen LogP contribution in [0.4, 0.5) is 5.69 Å². The Morgan fingerprint density at radius 2 is 2.07 bits per heavy atom. The summed E-state index contributed by atoms with van der Waals surface area (Å²) in [5.41, 5.74) is 12.5. The van der Waals surface area contributed by atoms with Crippen molar-refractivity contribution in [2.75, 3.05) is 24.5 Å². The first-order valence-electron chi connectivity index (χ1n) is 9.84. The van der Waals surface area contributed by atoms with E-state index in [1.165, 1.54) is 0 Å². The Kier molecular flexibility index (Phi) is 4.98. The molecule has 0 unspecified atom stereocenters. The second-order valence-corrected chi connectivity index (χ2v) is 7.87. The molecular formula is C20H24N6O3. The number of fused-ring (bicyclic) bond motifs is 2. The van der Waals surface area contributed by atoms with Gasteiger partial charge in [-0.3, -0.25) is 19.3 Å². The van der Waals surface area contributed by atoms with Crippen LogP contribution in [0, 0.1) is 11.3 Å². The summed E-state index contributed by atoms with van der Waals surface area (Å²) in [6.07, 6.45) is 2.10. The number of benzene rings is 1. The van der Waals surface area contributed by atoms with Crippen LogP contribution in [-0.2, 0) is 9.59 Å². The predicted octanol–water partition coefficient (Wildman–Crippen LogP) is -0.583. The van der Waals surface area contributed by atoms with Crippen LogP contribution in [0.2, 0.25) is 0 Å². The van der Waals surface area contributed by atoms with Crippen molar-refractivity contribution in [2.24, 2.45) is 11.5 Å². The van der Waals surface area contributed by atoms with Crippen LogP contribution in [-0.4, -0.2) is 71.3 Å². The molecule has 4 atom stereocenters. The Bertz CT molecular complexity index is 896. The molecule has 0 aromatic heterocycles. The lowest BCUT2D eigenvalue weighted by Crippen LogP contribution is -2.56. The number of hydrogen-bond donors (Lipinski definition) is 2. The molecule has 9 nitrogen and oxygen atoms in total. The highest BCUT2D eigenvalue weighted by Crippen LogP contribution is 2.37. The largest absolute Gasteiger partial charge is 0.366 e. The molecule has 9 heteroatoms. The van der Waals surface area contributed by atoms with Gasteiger partial charge < -0.3 is 21.3 Å². The Balaban J connectivity index is 1.45. The number of primary amides is 1. The minimum Gasteiger partial charge on any atom is -0.366 e. The van der Waals surface area contributed by atoms with Crippen molar-refractivity contribution >= 4 is 23.4 Å². The maximum atomic E-state index is 13.0. The van der Waals surface area contributed by atoms with E-state index < -0.39 is 18.0 Å². The van der Waals surface area contributed by atoms with E-state index in [4.69, 9.17) is 11.5 Å². The quantitative estimate of drug-likeness (QED) is 0.683. The number of anilines is 1. The molecule has 0 saturated carbocycles. The fourth-order valence-electron chi connectivity index (χ4n) is 4.78. The van der Waals surface area contributed by atoms with Crippen LogP contribution in [0.3, 0.4) is 0 Å². The van der Waals surface area contributed by atoms with Gasteiger partial charge >= 0.3 is 0 Å². The summed E-state index contributed by atoms with van der Waals surface area (Å²) in [6, 6.07) is 7.34. The van der Waals surface area contributed by atoms with E-state index in [-0.39, 0.29) is 30.4 Å². The van der Waals surface area contributed by atoms with E-state index in [1.54, 1.807) is 34.1 Å². The number of amides is 3. The lowest BCUT2D eigenvalue weighted by atomic mass is 10.1. The van der Waals surface area contributed by atoms with E-state index in [0.717, 1.165) is 6.42 Å². The highest BCUT2D eigenvalue weighted by atomic mass is 16.2. The maximum Gasteiger partial charge on any atom is 0.250 e. The molecule has 1 aromatic carbocycles. The molecule has 152 valence electrons. The van der Waals surface area contributed by atoms with E-state index in [0.29, 0.717) is 37.2 Å². The van der Waals surface area contributed by atoms with Gasteiger partial charge in [0.1, 0.15) is 6.04 Å². The van der Waals surface area contributed by atoms with E-state index in [1.807, 2.05) is 4.90 Å². The molecule has 3 aliphatic rings. The van der Waals surface area contributed by atoms with Gasteiger partial charge in [0.25, 0.3) is 5.91 Å². The number of nitrogens with two attached hydrogens (primary N) is 2. The highest BCUT2D eigenvalue weighted by Gasteiger charge is 2.51. The normalized spacial score (nSPS) is 27.3. The van der Waals surface area contributed by atoms with Crippen molar-refractivity contribution in [1.29, 1.82) is 5.26 Å². The third-order valence-corrected chi connectivity index (χ3v) is 6.13. The number of para-hydroxylation sites is 1. The third kappa shape index (κ3) is 3.24. The molecule has 3 aliphatic heterocycles. The Labute approximate surface area is 168 Å². The van der Waals surface area contributed by atoms with Crippen molar-refractivity contribution in [2.45, 2.75) is 43.4 Å². The highest BCUT2D eigenvalue weighted by molar-refractivity contribution is 6.07. The van der Waals surface area contributed by atoms with Crippen LogP contribution in [0.5, 0.6) is 0 Å². The molecule has 0 aliphatic carbocycles. The van der Waals surface area contributed by atoms with Gasteiger partial charge in [0.15, 0.2) is 0 Å². The zero-order valence-electron chi connectivity index (χ0n) is 16.0. The smallest absolute Gasteiger partial charge is 0.250 e. The number of piperazine rings is 1. The minimum absolute atomic E-state index is 0.0889. The van der Waals surface area contributed by atoms with Crippen LogP contribution >= 0.6 is 0 Å². The van der Waals surface area contributed by atoms with Gasteiger partial charge in [-0.2, -0.15) is 5.26 Å². The monoisotopic (exact) mass is 396 g/mol. The average Bonchev–Trinajstić information content (AvgIpc) is 3.41. The van der Waals surface area contributed by atoms with Gasteiger partial charge in [0.05, 0.1) is 35.4 Å². The lowest BCUT2D eigenvalue weighted by molar-refractivity contribution is -0.134. The lowest BCUT2D eigenvalue weighted by Gasteiger charge is -2.36. The van der Waals surface area contributed by atoms with Gasteiger partial charge in [0, 0.05) is 19.6 Å². The van der Waals surface area contributed by atoms with Crippen LogP contribution in [0.1, 0.15) is 29.6 Å². The Hall–Kier alpha value is -2.96. The van der Waals surface area contributed by atoms with Gasteiger partial charge in [-0.25, -0.2) is 0 Å². The molecule has 3 heterocycles. The molecule has 4 rings (SSSR count). The zero-order chi connectivity index (χ0) is 20.7. The first-order chi connectivity index (χ1) is 13.9. The summed E-state index contributed by atoms with van der Waals surface area (Å²) in [5, 5.41) is 9.19. The first kappa shape index (κ1) is 19.4. The van der Waals surface area contributed by atoms with Crippen molar-refractivity contribution < 1.29 is 14.4 Å². The molecule has 4 N–H and O–H groups in total. The summed E-state index contributed by atoms with van der Waals surface area (Å²) < 4.78 is 0. The van der Waals surface area contributed by atoms with Crippen molar-refractivity contribution in [3.05, 3.63) is 29.8 Å². The molecule has 3 fully saturated rings. The summed E-state index contributed by atoms with van der Waals surface area (Å²) in [6.45, 7) is 1.39. The molecule has 1 aromatic rings. The fourth-order valence-corrected chi connectivity index (χ4v) is 4.78. The molecule has 3 amide bonds. The van der Waals surface area contributed by atoms with Crippen LogP contribution < -0.4 is 16.4 Å². The minimum atomic E-state index is -0.776. The third-order valence-electron chi connectivity index (χ3n) is 6.13. The number of likely N-dealkylation sites (tertiary alicyclic amines) is 2. The second-order valence-electron chi connectivity index (χ2n) is 7.87. The van der Waals surface area contributed by atoms with Gasteiger partial charge in [0.2, 0.25) is 11.8 Å². The standard InChI is InChI=1S/C20H24N6O3/c21-9-12-4-3-7-25(12)19(28)15(22)11-24-10-13-8-17(24)20(29)26(13)16-6-2-1-5-14(16)18(23)27/h1-2,5-6,12-13,15,17H,3-4,7-8,10-11,22H2,(H2,23,27)/t12-,13+,15-,17+/m0/s1. The number of carbonyl (C=O) groups excluding carboxylic acids is 3. The molecule has 2 bridgehead atoms. The van der Waals surface area contributed by atoms with Crippen molar-refractivity contribution in [3.63, 3.8) is 0 Å². The van der Waals surface area contributed by atoms with Crippen LogP contribution in [0.25, 0.3) is 0 Å². The fraction of sp³-hybridized carbons (Fsp3) is 0.500. The second kappa shape index (κ2) is 7.46. The summed E-state index contributed by atoms with van der Waals surface area (Å²) in [4.78, 5) is 42.6. The number of nitrogens with zero attached hydrogens (tertiary/aromatic N) is 4. The SMILES string of the molecule is N#C[C@@H]1CCCN1C(=O)[C@@H](N)CN1C[C@H]2C[C@@H]1C(=O)N2c1ccccc1C(N)=O. The van der Waals surface area contributed by atoms with Crippen LogP contribution in [0.15, 0.2) is 24.3 Å². The number of hydrogen-bond acceptors (Lipinski definition) is 6. The Morgan fingerprint density at radius 3 is 2.76 bits per heavy atom. The summed E-state index contributed by atoms with van der Waals surface area (Å²) in [7, 11) is 0. The first-order valence-corrected chi connectivity index (χ1v) is 9.84. The van der Waals surface area contributed by atoms with Crippen molar-refractivity contribution in [1.82, 2.24) is 9.80 Å². The number of rotatable bonds is 5. The summed E-state index contributed by atoms with van der Waals surface area (Å²) in [5.74, 6) is -0.913. The van der Waals surface area contributed by atoms with Gasteiger partial charge in [-0.05, 0) is 31.4 Å². The molecule has 0 spiro atoms. The molecule has 29 heavy (non-hydrogen) atoms. The van der Waals surface area contributed by atoms with E-state index in [9.17, 15) is 19.6 Å². The predicted molar refractivity (Wildman–Crippen MR) is 105 cm³/mol. The average molecular weight is 396 g/mol. The molecule has 3 saturated heterocycles. The van der Waals surface area contributed by atoms with Gasteiger partial charge in [-0.15, -0.1) is 0 Å². The van der Waals surface area contributed by atoms with Gasteiger partial charge in [-0.1, -0.05) is 12.1 Å². The molecule has 0 radical (unpaired) electrons. The maximum absolute atomic E-state index is 13.0. The number of nitriles is 1. The zero-order valence-corrected chi connectivity index (χ0v) is 16.0. The topological polar surface area (TPSA) is 137 Å². The van der Waals surface area contributed by atoms with Crippen molar-refractivity contribution in [3.8, 4) is 6.07 Å². The van der Waals surface area contributed by atoms with E-state index in [2.05, 4.69) is 6.07 Å². The summed E-state index contributed by atoms with van der Waals surface area (Å²) >= 11 is 0. The Morgan fingerprint density at radius 1 is 1.31 bits per heavy atom. The molecular weight excluding hydrogens is 372 g/mol. The number of carbonyl (C=O) groups is 3.